The van der Waals surface area contributed by atoms with Gasteiger partial charge in [0.1, 0.15) is 12.2 Å². The normalized spacial score (nSPS) is 13.4. The molecule has 0 amide bonds. The van der Waals surface area contributed by atoms with Crippen molar-refractivity contribution in [2.45, 2.75) is 5.54 Å². The topological polar surface area (TPSA) is 15.6 Å². The van der Waals surface area contributed by atoms with Gasteiger partial charge < -0.3 is 4.90 Å². The van der Waals surface area contributed by atoms with Crippen LogP contribution in [0, 0.1) is 0 Å². The Morgan fingerprint density at radius 1 is 0.667 bits per heavy atom. The summed E-state index contributed by atoms with van der Waals surface area (Å²) < 4.78 is 0. The van der Waals surface area contributed by atoms with Gasteiger partial charge in [-0.2, -0.15) is 0 Å². The van der Waals surface area contributed by atoms with Crippen molar-refractivity contribution in [1.82, 2.24) is 4.90 Å². The molecule has 4 rings (SSSR count). The van der Waals surface area contributed by atoms with Gasteiger partial charge in [-0.25, -0.2) is 4.99 Å². The first-order chi connectivity index (χ1) is 11.9. The SMILES string of the molecule is C1=CN(C(c2ccccc2)(c2ccccc2)c2ccccc2)CN=1. The zero-order valence-corrected chi connectivity index (χ0v) is 13.3. The lowest BCUT2D eigenvalue weighted by Gasteiger charge is -2.43. The van der Waals surface area contributed by atoms with Gasteiger partial charge in [-0.15, -0.1) is 0 Å². The van der Waals surface area contributed by atoms with Crippen LogP contribution in [0.1, 0.15) is 16.7 Å². The highest BCUT2D eigenvalue weighted by molar-refractivity contribution is 5.57. The van der Waals surface area contributed by atoms with E-state index in [1.54, 1.807) is 0 Å². The molecule has 0 unspecified atom stereocenters. The first-order valence-electron chi connectivity index (χ1n) is 8.11. The fraction of sp³-hybridized carbons (Fsp3) is 0.0909. The minimum atomic E-state index is -0.420. The van der Waals surface area contributed by atoms with Crippen molar-refractivity contribution >= 4 is 5.87 Å². The average Bonchev–Trinajstić information content (AvgIpc) is 3.20. The van der Waals surface area contributed by atoms with E-state index < -0.39 is 5.54 Å². The van der Waals surface area contributed by atoms with E-state index in [1.165, 1.54) is 16.7 Å². The third-order valence-electron chi connectivity index (χ3n) is 4.53. The standard InChI is InChI=1S/C22H18N2/c1-4-10-19(11-5-1)22(24-17-16-23-18-24,20-12-6-2-7-13-20)21-14-8-3-9-15-21/h1-15,17H,18H2. The van der Waals surface area contributed by atoms with Gasteiger partial charge in [0.15, 0.2) is 0 Å². The minimum absolute atomic E-state index is 0.420. The molecular weight excluding hydrogens is 292 g/mol. The number of hydrogen-bond donors (Lipinski definition) is 0. The molecule has 0 saturated carbocycles. The van der Waals surface area contributed by atoms with E-state index >= 15 is 0 Å². The van der Waals surface area contributed by atoms with Crippen LogP contribution < -0.4 is 0 Å². The van der Waals surface area contributed by atoms with Crippen LogP contribution in [-0.2, 0) is 5.54 Å². The fourth-order valence-corrected chi connectivity index (χ4v) is 3.51. The lowest BCUT2D eigenvalue weighted by Crippen LogP contribution is -2.44. The quantitative estimate of drug-likeness (QED) is 0.651. The predicted molar refractivity (Wildman–Crippen MR) is 97.9 cm³/mol. The maximum atomic E-state index is 4.33. The molecule has 0 aromatic heterocycles. The highest BCUT2D eigenvalue weighted by Crippen LogP contribution is 2.42. The lowest BCUT2D eigenvalue weighted by molar-refractivity contribution is 0.248. The third-order valence-corrected chi connectivity index (χ3v) is 4.53. The van der Waals surface area contributed by atoms with Crippen LogP contribution in [0.3, 0.4) is 0 Å². The van der Waals surface area contributed by atoms with Gasteiger partial charge >= 0.3 is 0 Å². The zero-order chi connectivity index (χ0) is 16.2. The van der Waals surface area contributed by atoms with Gasteiger partial charge in [-0.05, 0) is 16.7 Å². The molecule has 0 radical (unpaired) electrons. The molecule has 1 heterocycles. The molecule has 2 nitrogen and oxygen atoms in total. The van der Waals surface area contributed by atoms with Crippen LogP contribution in [0.4, 0.5) is 0 Å². The summed E-state index contributed by atoms with van der Waals surface area (Å²) in [5, 5.41) is 0. The van der Waals surface area contributed by atoms with E-state index in [-0.39, 0.29) is 0 Å². The van der Waals surface area contributed by atoms with E-state index in [0.717, 1.165) is 0 Å². The molecular formula is C22H18N2. The molecule has 3 aromatic carbocycles. The van der Waals surface area contributed by atoms with Crippen molar-refractivity contribution in [1.29, 1.82) is 0 Å². The summed E-state index contributed by atoms with van der Waals surface area (Å²) >= 11 is 0. The monoisotopic (exact) mass is 310 g/mol. The molecule has 0 aliphatic carbocycles. The molecule has 24 heavy (non-hydrogen) atoms. The summed E-state index contributed by atoms with van der Waals surface area (Å²) in [4.78, 5) is 6.58. The zero-order valence-electron chi connectivity index (χ0n) is 13.3. The van der Waals surface area contributed by atoms with Crippen molar-refractivity contribution in [3.8, 4) is 0 Å². The molecule has 3 aromatic rings. The van der Waals surface area contributed by atoms with Gasteiger partial charge in [-0.3, -0.25) is 0 Å². The van der Waals surface area contributed by atoms with Crippen LogP contribution in [0.25, 0.3) is 0 Å². The van der Waals surface area contributed by atoms with Crippen LogP contribution >= 0.6 is 0 Å². The van der Waals surface area contributed by atoms with E-state index in [4.69, 9.17) is 0 Å². The summed E-state index contributed by atoms with van der Waals surface area (Å²) in [5.41, 5.74) is 3.24. The van der Waals surface area contributed by atoms with Gasteiger partial charge in [0.25, 0.3) is 0 Å². The third kappa shape index (κ3) is 2.25. The number of rotatable bonds is 4. The Morgan fingerprint density at radius 3 is 1.42 bits per heavy atom. The molecule has 1 aliphatic rings. The van der Waals surface area contributed by atoms with Crippen LogP contribution in [-0.4, -0.2) is 17.4 Å². The number of benzene rings is 3. The Hall–Kier alpha value is -3.09. The fourth-order valence-electron chi connectivity index (χ4n) is 3.51. The maximum absolute atomic E-state index is 4.33. The van der Waals surface area contributed by atoms with Crippen molar-refractivity contribution < 1.29 is 0 Å². The molecule has 2 heteroatoms. The summed E-state index contributed by atoms with van der Waals surface area (Å²) in [6.45, 7) is 0.596. The first kappa shape index (κ1) is 14.5. The minimum Gasteiger partial charge on any atom is -0.332 e. The molecule has 116 valence electrons. The second-order valence-electron chi connectivity index (χ2n) is 5.84. The van der Waals surface area contributed by atoms with E-state index in [1.807, 2.05) is 6.20 Å². The summed E-state index contributed by atoms with van der Waals surface area (Å²) in [7, 11) is 0. The number of hydrogen-bond acceptors (Lipinski definition) is 2. The van der Waals surface area contributed by atoms with Crippen molar-refractivity contribution in [3.63, 3.8) is 0 Å². The average molecular weight is 310 g/mol. The first-order valence-corrected chi connectivity index (χ1v) is 8.11. The van der Waals surface area contributed by atoms with Gasteiger partial charge in [0, 0.05) is 5.87 Å². The van der Waals surface area contributed by atoms with E-state index in [0.29, 0.717) is 6.67 Å². The second kappa shape index (κ2) is 6.19. The molecule has 0 N–H and O–H groups in total. The Balaban J connectivity index is 2.05. The van der Waals surface area contributed by atoms with Gasteiger partial charge in [-0.1, -0.05) is 91.0 Å². The highest BCUT2D eigenvalue weighted by atomic mass is 15.3. The Kier molecular flexibility index (Phi) is 3.74. The molecule has 0 spiro atoms. The number of nitrogens with zero attached hydrogens (tertiary/aromatic N) is 2. The second-order valence-corrected chi connectivity index (χ2v) is 5.84. The smallest absolute Gasteiger partial charge is 0.121 e. The number of aliphatic imine (C=N–C) groups is 1. The van der Waals surface area contributed by atoms with Crippen molar-refractivity contribution in [2.24, 2.45) is 4.99 Å². The lowest BCUT2D eigenvalue weighted by atomic mass is 9.76. The molecule has 1 aliphatic heterocycles. The Morgan fingerprint density at radius 2 is 1.08 bits per heavy atom. The molecule has 0 bridgehead atoms. The summed E-state index contributed by atoms with van der Waals surface area (Å²) in [6, 6.07) is 31.9. The van der Waals surface area contributed by atoms with E-state index in [2.05, 4.69) is 107 Å². The summed E-state index contributed by atoms with van der Waals surface area (Å²) in [6.07, 6.45) is 1.97. The molecule has 0 saturated heterocycles. The van der Waals surface area contributed by atoms with Gasteiger partial charge in [0.2, 0.25) is 0 Å². The highest BCUT2D eigenvalue weighted by Gasteiger charge is 2.41. The molecule has 0 atom stereocenters. The van der Waals surface area contributed by atoms with Crippen LogP contribution in [0.15, 0.2) is 102 Å². The Labute approximate surface area is 142 Å². The van der Waals surface area contributed by atoms with E-state index in [9.17, 15) is 0 Å². The summed E-state index contributed by atoms with van der Waals surface area (Å²) in [5.74, 6) is 3.01. The predicted octanol–water partition coefficient (Wildman–Crippen LogP) is 4.44. The maximum Gasteiger partial charge on any atom is 0.121 e. The Bertz CT molecular complexity index is 767. The van der Waals surface area contributed by atoms with Crippen molar-refractivity contribution in [3.05, 3.63) is 114 Å². The van der Waals surface area contributed by atoms with Crippen LogP contribution in [0.2, 0.25) is 0 Å². The van der Waals surface area contributed by atoms with Gasteiger partial charge in [0.05, 0.1) is 6.20 Å². The molecule has 0 fully saturated rings. The largest absolute Gasteiger partial charge is 0.332 e. The van der Waals surface area contributed by atoms with Crippen LogP contribution in [0.5, 0.6) is 0 Å². The van der Waals surface area contributed by atoms with Crippen molar-refractivity contribution in [2.75, 3.05) is 6.67 Å².